The summed E-state index contributed by atoms with van der Waals surface area (Å²) in [4.78, 5) is 4.16. The van der Waals surface area contributed by atoms with Crippen molar-refractivity contribution in [1.82, 2.24) is 4.98 Å². The van der Waals surface area contributed by atoms with Crippen molar-refractivity contribution in [3.05, 3.63) is 22.3 Å². The van der Waals surface area contributed by atoms with E-state index in [9.17, 15) is 0 Å². The number of rotatable bonds is 2. The molecule has 0 aliphatic rings. The zero-order chi connectivity index (χ0) is 8.27. The van der Waals surface area contributed by atoms with Gasteiger partial charge in [0.1, 0.15) is 4.60 Å². The molecule has 0 saturated heterocycles. The number of hydrogen-bond acceptors (Lipinski definition) is 2. The Labute approximate surface area is 74.7 Å². The van der Waals surface area contributed by atoms with Crippen LogP contribution < -0.4 is 4.74 Å². The minimum absolute atomic E-state index is 0.657. The van der Waals surface area contributed by atoms with Gasteiger partial charge in [0.05, 0.1) is 6.61 Å². The number of hydrogen-bond donors (Lipinski definition) is 0. The molecule has 0 spiro atoms. The van der Waals surface area contributed by atoms with Gasteiger partial charge < -0.3 is 4.74 Å². The number of nitrogens with zero attached hydrogens (tertiary/aromatic N) is 1. The minimum Gasteiger partial charge on any atom is -0.478 e. The van der Waals surface area contributed by atoms with Gasteiger partial charge in [0.2, 0.25) is 5.88 Å². The van der Waals surface area contributed by atoms with E-state index in [1.54, 1.807) is 0 Å². The smallest absolute Gasteiger partial charge is 0.217 e. The molecule has 11 heavy (non-hydrogen) atoms. The van der Waals surface area contributed by atoms with E-state index >= 15 is 0 Å². The lowest BCUT2D eigenvalue weighted by Crippen LogP contribution is -1.96. The Hall–Kier alpha value is -0.570. The first-order valence-electron chi connectivity index (χ1n) is 3.50. The maximum atomic E-state index is 5.28. The zero-order valence-electron chi connectivity index (χ0n) is 6.60. The van der Waals surface area contributed by atoms with Crippen molar-refractivity contribution in [3.8, 4) is 5.88 Å². The predicted molar refractivity (Wildman–Crippen MR) is 47.8 cm³/mol. The number of halogens is 1. The lowest BCUT2D eigenvalue weighted by atomic mass is 10.3. The molecule has 0 amide bonds. The summed E-state index contributed by atoms with van der Waals surface area (Å²) >= 11 is 3.28. The summed E-state index contributed by atoms with van der Waals surface area (Å²) in [6.45, 7) is 4.58. The van der Waals surface area contributed by atoms with Gasteiger partial charge in [0.15, 0.2) is 0 Å². The van der Waals surface area contributed by atoms with Crippen molar-refractivity contribution in [2.24, 2.45) is 0 Å². The topological polar surface area (TPSA) is 22.1 Å². The standard InChI is InChI=1S/C8H10BrNO/c1-3-11-8-6(2)4-5-7(9)10-8/h4-5H,3H2,1-2H3. The van der Waals surface area contributed by atoms with E-state index in [0.717, 1.165) is 10.2 Å². The Kier molecular flexibility index (Phi) is 2.88. The summed E-state index contributed by atoms with van der Waals surface area (Å²) < 4.78 is 6.09. The molecule has 1 rings (SSSR count). The van der Waals surface area contributed by atoms with Gasteiger partial charge in [-0.05, 0) is 35.8 Å². The fourth-order valence-electron chi connectivity index (χ4n) is 0.770. The molecular weight excluding hydrogens is 206 g/mol. The van der Waals surface area contributed by atoms with E-state index in [1.165, 1.54) is 0 Å². The van der Waals surface area contributed by atoms with Crippen LogP contribution in [0.5, 0.6) is 5.88 Å². The molecule has 0 aliphatic heterocycles. The van der Waals surface area contributed by atoms with Crippen LogP contribution in [0.2, 0.25) is 0 Å². The Morgan fingerprint density at radius 2 is 2.27 bits per heavy atom. The van der Waals surface area contributed by atoms with Gasteiger partial charge in [-0.3, -0.25) is 0 Å². The maximum absolute atomic E-state index is 5.28. The normalized spacial score (nSPS) is 9.73. The molecule has 0 N–H and O–H groups in total. The average molecular weight is 216 g/mol. The fraction of sp³-hybridized carbons (Fsp3) is 0.375. The molecule has 3 heteroatoms. The number of ether oxygens (including phenoxy) is 1. The Morgan fingerprint density at radius 3 is 2.91 bits per heavy atom. The first kappa shape index (κ1) is 8.53. The molecule has 60 valence electrons. The molecule has 0 atom stereocenters. The van der Waals surface area contributed by atoms with Crippen LogP contribution in [0.15, 0.2) is 16.7 Å². The van der Waals surface area contributed by atoms with Crippen molar-refractivity contribution in [2.75, 3.05) is 6.61 Å². The van der Waals surface area contributed by atoms with E-state index in [0.29, 0.717) is 12.5 Å². The molecule has 1 aromatic rings. The van der Waals surface area contributed by atoms with E-state index in [1.807, 2.05) is 26.0 Å². The average Bonchev–Trinajstić information content (AvgIpc) is 1.98. The van der Waals surface area contributed by atoms with Crippen LogP contribution in [-0.2, 0) is 0 Å². The van der Waals surface area contributed by atoms with Crippen molar-refractivity contribution < 1.29 is 4.74 Å². The van der Waals surface area contributed by atoms with Crippen LogP contribution in [0, 0.1) is 6.92 Å². The molecule has 0 radical (unpaired) electrons. The molecule has 0 bridgehead atoms. The van der Waals surface area contributed by atoms with E-state index in [2.05, 4.69) is 20.9 Å². The summed E-state index contributed by atoms with van der Waals surface area (Å²) in [5.41, 5.74) is 1.06. The summed E-state index contributed by atoms with van der Waals surface area (Å²) in [7, 11) is 0. The van der Waals surface area contributed by atoms with Gasteiger partial charge in [-0.25, -0.2) is 4.98 Å². The van der Waals surface area contributed by atoms with E-state index in [4.69, 9.17) is 4.74 Å². The number of pyridine rings is 1. The summed E-state index contributed by atoms with van der Waals surface area (Å²) in [6, 6.07) is 3.87. The first-order chi connectivity index (χ1) is 5.24. The van der Waals surface area contributed by atoms with Gasteiger partial charge in [0, 0.05) is 5.56 Å². The maximum Gasteiger partial charge on any atom is 0.217 e. The predicted octanol–water partition coefficient (Wildman–Crippen LogP) is 2.55. The van der Waals surface area contributed by atoms with Crippen LogP contribution >= 0.6 is 15.9 Å². The van der Waals surface area contributed by atoms with E-state index in [-0.39, 0.29) is 0 Å². The lowest BCUT2D eigenvalue weighted by molar-refractivity contribution is 0.323. The van der Waals surface area contributed by atoms with Gasteiger partial charge in [-0.15, -0.1) is 0 Å². The Morgan fingerprint density at radius 1 is 1.55 bits per heavy atom. The minimum atomic E-state index is 0.657. The Balaban J connectivity index is 2.93. The summed E-state index contributed by atoms with van der Waals surface area (Å²) in [5.74, 6) is 0.710. The molecule has 1 aromatic heterocycles. The zero-order valence-corrected chi connectivity index (χ0v) is 8.18. The van der Waals surface area contributed by atoms with Crippen molar-refractivity contribution >= 4 is 15.9 Å². The van der Waals surface area contributed by atoms with Crippen LogP contribution in [0.4, 0.5) is 0 Å². The number of aryl methyl sites for hydroxylation is 1. The number of aromatic nitrogens is 1. The van der Waals surface area contributed by atoms with Crippen molar-refractivity contribution in [1.29, 1.82) is 0 Å². The van der Waals surface area contributed by atoms with Crippen molar-refractivity contribution in [2.45, 2.75) is 13.8 Å². The summed E-state index contributed by atoms with van der Waals surface area (Å²) in [6.07, 6.45) is 0. The molecule has 0 saturated carbocycles. The summed E-state index contributed by atoms with van der Waals surface area (Å²) in [5, 5.41) is 0. The largest absolute Gasteiger partial charge is 0.478 e. The molecule has 2 nitrogen and oxygen atoms in total. The third kappa shape index (κ3) is 2.19. The monoisotopic (exact) mass is 215 g/mol. The molecule has 0 aliphatic carbocycles. The molecule has 1 heterocycles. The van der Waals surface area contributed by atoms with E-state index < -0.39 is 0 Å². The third-order valence-electron chi connectivity index (χ3n) is 1.30. The van der Waals surface area contributed by atoms with Gasteiger partial charge in [0.25, 0.3) is 0 Å². The first-order valence-corrected chi connectivity index (χ1v) is 4.29. The molecule has 0 unspecified atom stereocenters. The highest BCUT2D eigenvalue weighted by molar-refractivity contribution is 9.10. The van der Waals surface area contributed by atoms with Crippen LogP contribution in [0.3, 0.4) is 0 Å². The Bertz CT molecular complexity index is 250. The van der Waals surface area contributed by atoms with Crippen LogP contribution in [0.1, 0.15) is 12.5 Å². The lowest BCUT2D eigenvalue weighted by Gasteiger charge is -2.04. The molecular formula is C8H10BrNO. The second-order valence-corrected chi connectivity index (χ2v) is 3.00. The third-order valence-corrected chi connectivity index (χ3v) is 1.74. The highest BCUT2D eigenvalue weighted by Gasteiger charge is 1.99. The SMILES string of the molecule is CCOc1nc(Br)ccc1C. The highest BCUT2D eigenvalue weighted by Crippen LogP contribution is 2.17. The van der Waals surface area contributed by atoms with Gasteiger partial charge in [-0.2, -0.15) is 0 Å². The van der Waals surface area contributed by atoms with Crippen LogP contribution in [0.25, 0.3) is 0 Å². The highest BCUT2D eigenvalue weighted by atomic mass is 79.9. The van der Waals surface area contributed by atoms with Crippen molar-refractivity contribution in [3.63, 3.8) is 0 Å². The molecule has 0 fully saturated rings. The van der Waals surface area contributed by atoms with Gasteiger partial charge >= 0.3 is 0 Å². The van der Waals surface area contributed by atoms with Gasteiger partial charge in [-0.1, -0.05) is 6.07 Å². The molecule has 0 aromatic carbocycles. The second-order valence-electron chi connectivity index (χ2n) is 2.19. The quantitative estimate of drug-likeness (QED) is 0.708. The second kappa shape index (κ2) is 3.72. The fourth-order valence-corrected chi connectivity index (χ4v) is 1.06. The van der Waals surface area contributed by atoms with Crippen LogP contribution in [-0.4, -0.2) is 11.6 Å².